The number of likely N-dealkylation sites (N-methyl/N-ethyl adjacent to an activating group) is 1. The Kier molecular flexibility index (Phi) is 7.74. The van der Waals surface area contributed by atoms with Crippen LogP contribution in [0.3, 0.4) is 0 Å². The first kappa shape index (κ1) is 21.4. The highest BCUT2D eigenvalue weighted by molar-refractivity contribution is 5.99. The van der Waals surface area contributed by atoms with Gasteiger partial charge in [-0.05, 0) is 61.0 Å². The Morgan fingerprint density at radius 2 is 1.55 bits per heavy atom. The molecule has 0 aromatic heterocycles. The fraction of sp³-hybridized carbons (Fsp3) is 0.238. The molecule has 2 aromatic rings. The summed E-state index contributed by atoms with van der Waals surface area (Å²) < 4.78 is 10.8. The van der Waals surface area contributed by atoms with Crippen molar-refractivity contribution in [1.82, 2.24) is 10.3 Å². The largest absolute Gasteiger partial charge is 0.484 e. The zero-order chi connectivity index (χ0) is 21.2. The molecule has 29 heavy (non-hydrogen) atoms. The van der Waals surface area contributed by atoms with Crippen molar-refractivity contribution in [2.24, 2.45) is 5.10 Å². The fourth-order valence-corrected chi connectivity index (χ4v) is 2.08. The van der Waals surface area contributed by atoms with E-state index in [4.69, 9.17) is 14.7 Å². The van der Waals surface area contributed by atoms with Crippen molar-refractivity contribution in [2.45, 2.75) is 6.92 Å². The lowest BCUT2D eigenvalue weighted by Crippen LogP contribution is -2.27. The molecule has 2 amide bonds. The summed E-state index contributed by atoms with van der Waals surface area (Å²) in [6.45, 7) is 1.53. The zero-order valence-corrected chi connectivity index (χ0v) is 16.5. The lowest BCUT2D eigenvalue weighted by Gasteiger charge is -2.11. The first-order chi connectivity index (χ1) is 13.9. The number of nitriles is 1. The number of amides is 2. The van der Waals surface area contributed by atoms with Gasteiger partial charge in [-0.2, -0.15) is 10.4 Å². The second-order valence-electron chi connectivity index (χ2n) is 6.26. The molecule has 0 saturated heterocycles. The number of ether oxygens (including phenoxy) is 2. The molecule has 0 heterocycles. The van der Waals surface area contributed by atoms with E-state index in [1.54, 1.807) is 69.6 Å². The van der Waals surface area contributed by atoms with Gasteiger partial charge < -0.3 is 14.4 Å². The molecular formula is C21H22N4O4. The Hall–Kier alpha value is -3.86. The van der Waals surface area contributed by atoms with Crippen molar-refractivity contribution in [3.8, 4) is 17.6 Å². The molecule has 0 atom stereocenters. The molecule has 1 N–H and O–H groups in total. The summed E-state index contributed by atoms with van der Waals surface area (Å²) in [5.74, 6) is 0.522. The summed E-state index contributed by atoms with van der Waals surface area (Å²) in [4.78, 5) is 24.9. The average molecular weight is 394 g/mol. The van der Waals surface area contributed by atoms with Gasteiger partial charge in [0.1, 0.15) is 11.5 Å². The summed E-state index contributed by atoms with van der Waals surface area (Å²) in [5, 5.41) is 12.8. The zero-order valence-electron chi connectivity index (χ0n) is 16.5. The van der Waals surface area contributed by atoms with Crippen LogP contribution in [-0.4, -0.2) is 49.7 Å². The SMILES string of the molecule is CC(=NNC(=O)COc1ccc(C#N)cc1)c1ccc(OCC(=O)N(C)C)cc1. The Balaban J connectivity index is 1.82. The summed E-state index contributed by atoms with van der Waals surface area (Å²) in [6, 6.07) is 15.5. The van der Waals surface area contributed by atoms with Gasteiger partial charge in [0.2, 0.25) is 0 Å². The number of nitrogens with zero attached hydrogens (tertiary/aromatic N) is 3. The molecule has 0 unspecified atom stereocenters. The van der Waals surface area contributed by atoms with Crippen LogP contribution in [0.4, 0.5) is 0 Å². The van der Waals surface area contributed by atoms with Gasteiger partial charge in [-0.15, -0.1) is 0 Å². The standard InChI is InChI=1S/C21H22N4O4/c1-15(17-6-10-19(11-7-17)29-14-21(27)25(2)3)23-24-20(26)13-28-18-8-4-16(12-22)5-9-18/h4-11H,13-14H2,1-3H3,(H,24,26). The van der Waals surface area contributed by atoms with Crippen molar-refractivity contribution < 1.29 is 19.1 Å². The molecule has 0 spiro atoms. The Morgan fingerprint density at radius 1 is 1.00 bits per heavy atom. The van der Waals surface area contributed by atoms with Crippen molar-refractivity contribution in [1.29, 1.82) is 5.26 Å². The van der Waals surface area contributed by atoms with E-state index in [1.807, 2.05) is 6.07 Å². The molecule has 0 aliphatic heterocycles. The third-order valence-corrected chi connectivity index (χ3v) is 3.83. The molecule has 0 fully saturated rings. The predicted molar refractivity (Wildman–Crippen MR) is 108 cm³/mol. The van der Waals surface area contributed by atoms with Gasteiger partial charge in [0, 0.05) is 14.1 Å². The number of carbonyl (C=O) groups excluding carboxylic acids is 2. The smallest absolute Gasteiger partial charge is 0.277 e. The summed E-state index contributed by atoms with van der Waals surface area (Å²) in [5.41, 5.74) is 4.35. The van der Waals surface area contributed by atoms with Gasteiger partial charge in [-0.1, -0.05) is 0 Å². The molecule has 150 valence electrons. The number of carbonyl (C=O) groups is 2. The third kappa shape index (κ3) is 6.99. The van der Waals surface area contributed by atoms with Crippen molar-refractivity contribution >= 4 is 17.5 Å². The molecule has 0 radical (unpaired) electrons. The molecule has 0 aliphatic rings. The summed E-state index contributed by atoms with van der Waals surface area (Å²) >= 11 is 0. The van der Waals surface area contributed by atoms with Gasteiger partial charge in [0.05, 0.1) is 17.3 Å². The predicted octanol–water partition coefficient (Wildman–Crippen LogP) is 1.94. The van der Waals surface area contributed by atoms with Gasteiger partial charge >= 0.3 is 0 Å². The van der Waals surface area contributed by atoms with Crippen LogP contribution in [-0.2, 0) is 9.59 Å². The van der Waals surface area contributed by atoms with Crippen LogP contribution in [0.1, 0.15) is 18.1 Å². The second-order valence-corrected chi connectivity index (χ2v) is 6.26. The number of benzene rings is 2. The van der Waals surface area contributed by atoms with Gasteiger partial charge in [0.15, 0.2) is 13.2 Å². The van der Waals surface area contributed by atoms with Crippen LogP contribution >= 0.6 is 0 Å². The van der Waals surface area contributed by atoms with Crippen molar-refractivity contribution in [3.05, 3.63) is 59.7 Å². The summed E-state index contributed by atoms with van der Waals surface area (Å²) in [7, 11) is 3.33. The first-order valence-electron chi connectivity index (χ1n) is 8.78. The number of hydrogen-bond acceptors (Lipinski definition) is 6. The average Bonchev–Trinajstić information content (AvgIpc) is 2.74. The molecule has 2 rings (SSSR count). The maximum atomic E-state index is 11.9. The third-order valence-electron chi connectivity index (χ3n) is 3.83. The van der Waals surface area contributed by atoms with E-state index in [0.29, 0.717) is 22.8 Å². The molecule has 2 aromatic carbocycles. The lowest BCUT2D eigenvalue weighted by atomic mass is 10.1. The number of hydrogen-bond donors (Lipinski definition) is 1. The minimum Gasteiger partial charge on any atom is -0.484 e. The van der Waals surface area contributed by atoms with Crippen molar-refractivity contribution in [2.75, 3.05) is 27.3 Å². The van der Waals surface area contributed by atoms with E-state index >= 15 is 0 Å². The summed E-state index contributed by atoms with van der Waals surface area (Å²) in [6.07, 6.45) is 0. The minimum absolute atomic E-state index is 0.0330. The van der Waals surface area contributed by atoms with E-state index < -0.39 is 5.91 Å². The van der Waals surface area contributed by atoms with Gasteiger partial charge in [-0.25, -0.2) is 5.43 Å². The molecule has 8 nitrogen and oxygen atoms in total. The van der Waals surface area contributed by atoms with E-state index in [9.17, 15) is 9.59 Å². The van der Waals surface area contributed by atoms with Crippen LogP contribution in [0, 0.1) is 11.3 Å². The molecule has 0 aliphatic carbocycles. The minimum atomic E-state index is -0.407. The molecule has 0 bridgehead atoms. The van der Waals surface area contributed by atoms with Crippen LogP contribution in [0.2, 0.25) is 0 Å². The normalized spacial score (nSPS) is 10.6. The van der Waals surface area contributed by atoms with Gasteiger partial charge in [0.25, 0.3) is 11.8 Å². The number of nitrogens with one attached hydrogen (secondary N) is 1. The Bertz CT molecular complexity index is 913. The monoisotopic (exact) mass is 394 g/mol. The fourth-order valence-electron chi connectivity index (χ4n) is 2.08. The van der Waals surface area contributed by atoms with Crippen LogP contribution in [0.25, 0.3) is 0 Å². The highest BCUT2D eigenvalue weighted by Crippen LogP contribution is 2.13. The van der Waals surface area contributed by atoms with Crippen LogP contribution < -0.4 is 14.9 Å². The number of hydrazone groups is 1. The lowest BCUT2D eigenvalue weighted by molar-refractivity contribution is -0.130. The highest BCUT2D eigenvalue weighted by Gasteiger charge is 2.06. The van der Waals surface area contributed by atoms with Crippen LogP contribution in [0.5, 0.6) is 11.5 Å². The Morgan fingerprint density at radius 3 is 2.10 bits per heavy atom. The van der Waals surface area contributed by atoms with Crippen LogP contribution in [0.15, 0.2) is 53.6 Å². The first-order valence-corrected chi connectivity index (χ1v) is 8.78. The second kappa shape index (κ2) is 10.5. The van der Waals surface area contributed by atoms with E-state index in [-0.39, 0.29) is 19.1 Å². The van der Waals surface area contributed by atoms with E-state index in [0.717, 1.165) is 5.56 Å². The van der Waals surface area contributed by atoms with Gasteiger partial charge in [-0.3, -0.25) is 9.59 Å². The topological polar surface area (TPSA) is 104 Å². The van der Waals surface area contributed by atoms with Crippen molar-refractivity contribution in [3.63, 3.8) is 0 Å². The highest BCUT2D eigenvalue weighted by atomic mass is 16.5. The number of rotatable bonds is 8. The Labute approximate surface area is 169 Å². The quantitative estimate of drug-likeness (QED) is 0.544. The molecule has 8 heteroatoms. The molecule has 0 saturated carbocycles. The maximum Gasteiger partial charge on any atom is 0.277 e. The van der Waals surface area contributed by atoms with E-state index in [1.165, 1.54) is 4.90 Å². The molecular weight excluding hydrogens is 372 g/mol. The maximum absolute atomic E-state index is 11.9. The van der Waals surface area contributed by atoms with E-state index in [2.05, 4.69) is 10.5 Å².